The van der Waals surface area contributed by atoms with Crippen molar-refractivity contribution in [2.24, 2.45) is 5.92 Å². The van der Waals surface area contributed by atoms with Gasteiger partial charge in [-0.1, -0.05) is 12.8 Å². The Morgan fingerprint density at radius 2 is 1.90 bits per heavy atom. The number of rotatable bonds is 2. The summed E-state index contributed by atoms with van der Waals surface area (Å²) in [6.07, 6.45) is 9.49. The van der Waals surface area contributed by atoms with E-state index >= 15 is 0 Å². The van der Waals surface area contributed by atoms with Crippen LogP contribution in [0, 0.1) is 5.92 Å². The van der Waals surface area contributed by atoms with Gasteiger partial charge in [-0.15, -0.1) is 24.8 Å². The van der Waals surface area contributed by atoms with E-state index in [0.29, 0.717) is 12.0 Å². The Balaban J connectivity index is 0.000001000. The van der Waals surface area contributed by atoms with Gasteiger partial charge in [0.25, 0.3) is 0 Å². The van der Waals surface area contributed by atoms with E-state index < -0.39 is 0 Å². The number of nitrogens with zero attached hydrogens (tertiary/aromatic N) is 1. The number of anilines is 1. The Labute approximate surface area is 131 Å². The number of halogens is 2. The minimum absolute atomic E-state index is 0. The molecular weight excluding hydrogens is 297 g/mol. The Morgan fingerprint density at radius 3 is 2.60 bits per heavy atom. The summed E-state index contributed by atoms with van der Waals surface area (Å²) in [5.41, 5.74) is 0.826. The third-order valence-electron chi connectivity index (χ3n) is 4.13. The molecule has 0 aromatic carbocycles. The lowest BCUT2D eigenvalue weighted by molar-refractivity contribution is -0.117. The molecule has 0 bridgehead atoms. The molecule has 1 aliphatic heterocycles. The number of carbonyl (C=O) groups excluding carboxylic acids is 1. The molecule has 0 spiro atoms. The maximum absolute atomic E-state index is 12.2. The molecule has 2 N–H and O–H groups in total. The second kappa shape index (κ2) is 7.81. The molecule has 4 nitrogen and oxygen atoms in total. The zero-order chi connectivity index (χ0) is 12.4. The van der Waals surface area contributed by atoms with E-state index in [-0.39, 0.29) is 36.8 Å². The van der Waals surface area contributed by atoms with Crippen LogP contribution in [0.25, 0.3) is 0 Å². The molecule has 6 heteroatoms. The number of amides is 1. The molecule has 2 heterocycles. The largest absolute Gasteiger partial charge is 0.325 e. The predicted octanol–water partition coefficient (Wildman–Crippen LogP) is 2.78. The van der Waals surface area contributed by atoms with Gasteiger partial charge in [-0.05, 0) is 37.3 Å². The van der Waals surface area contributed by atoms with Gasteiger partial charge in [0, 0.05) is 24.1 Å². The molecule has 1 saturated heterocycles. The van der Waals surface area contributed by atoms with Crippen molar-refractivity contribution < 1.29 is 4.79 Å². The lowest BCUT2D eigenvalue weighted by atomic mass is 9.85. The number of nitrogens with one attached hydrogen (secondary N) is 2. The van der Waals surface area contributed by atoms with Gasteiger partial charge >= 0.3 is 0 Å². The van der Waals surface area contributed by atoms with Crippen LogP contribution in [-0.4, -0.2) is 23.0 Å². The standard InChI is InChI=1S/C14H19N3O.2ClH/c18-14(16-11-5-7-15-8-6-11)13-9-10-3-1-2-4-12(10)17-13;;/h5-8,10,12-13,17H,1-4,9H2,(H,15,16,18);2*1H. The number of hydrogen-bond donors (Lipinski definition) is 2. The number of carbonyl (C=O) groups is 1. The molecule has 2 aliphatic rings. The van der Waals surface area contributed by atoms with Gasteiger partial charge in [0.15, 0.2) is 0 Å². The van der Waals surface area contributed by atoms with Gasteiger partial charge in [-0.3, -0.25) is 9.78 Å². The minimum Gasteiger partial charge on any atom is -0.325 e. The highest BCUT2D eigenvalue weighted by molar-refractivity contribution is 5.95. The van der Waals surface area contributed by atoms with Crippen LogP contribution in [0.4, 0.5) is 5.69 Å². The highest BCUT2D eigenvalue weighted by Gasteiger charge is 2.38. The number of fused-ring (bicyclic) bond motifs is 1. The zero-order valence-electron chi connectivity index (χ0n) is 11.2. The zero-order valence-corrected chi connectivity index (χ0v) is 12.9. The van der Waals surface area contributed by atoms with Gasteiger partial charge < -0.3 is 10.6 Å². The summed E-state index contributed by atoms with van der Waals surface area (Å²) in [7, 11) is 0. The van der Waals surface area contributed by atoms with E-state index in [4.69, 9.17) is 0 Å². The van der Waals surface area contributed by atoms with Crippen LogP contribution in [0.2, 0.25) is 0 Å². The van der Waals surface area contributed by atoms with Gasteiger partial charge in [-0.2, -0.15) is 0 Å². The maximum atomic E-state index is 12.2. The van der Waals surface area contributed by atoms with Gasteiger partial charge in [0.05, 0.1) is 6.04 Å². The topological polar surface area (TPSA) is 54.0 Å². The molecule has 3 unspecified atom stereocenters. The van der Waals surface area contributed by atoms with E-state index in [0.717, 1.165) is 12.1 Å². The quantitative estimate of drug-likeness (QED) is 0.882. The molecule has 20 heavy (non-hydrogen) atoms. The molecule has 1 aliphatic carbocycles. The first kappa shape index (κ1) is 17.2. The van der Waals surface area contributed by atoms with Crippen molar-refractivity contribution in [3.05, 3.63) is 24.5 Å². The van der Waals surface area contributed by atoms with Crippen LogP contribution in [0.3, 0.4) is 0 Å². The molecule has 1 aromatic rings. The van der Waals surface area contributed by atoms with Crippen molar-refractivity contribution >= 4 is 36.4 Å². The van der Waals surface area contributed by atoms with Crippen molar-refractivity contribution in [3.8, 4) is 0 Å². The van der Waals surface area contributed by atoms with Gasteiger partial charge in [0.2, 0.25) is 5.91 Å². The van der Waals surface area contributed by atoms with E-state index in [1.807, 2.05) is 12.1 Å². The monoisotopic (exact) mass is 317 g/mol. The fraction of sp³-hybridized carbons (Fsp3) is 0.571. The summed E-state index contributed by atoms with van der Waals surface area (Å²) in [4.78, 5) is 16.1. The first-order valence-corrected chi connectivity index (χ1v) is 6.80. The normalized spacial score (nSPS) is 27.7. The molecule has 3 atom stereocenters. The molecule has 1 aromatic heterocycles. The average molecular weight is 318 g/mol. The highest BCUT2D eigenvalue weighted by atomic mass is 35.5. The lowest BCUT2D eigenvalue weighted by Crippen LogP contribution is -2.39. The molecular formula is C14H21Cl2N3O. The summed E-state index contributed by atoms with van der Waals surface area (Å²) in [5.74, 6) is 0.794. The van der Waals surface area contributed by atoms with E-state index in [9.17, 15) is 4.79 Å². The van der Waals surface area contributed by atoms with Crippen LogP contribution in [0.15, 0.2) is 24.5 Å². The Kier molecular flexibility index (Phi) is 6.72. The van der Waals surface area contributed by atoms with Crippen LogP contribution in [0.1, 0.15) is 32.1 Å². The molecule has 2 fully saturated rings. The average Bonchev–Trinajstić information content (AvgIpc) is 2.84. The number of hydrogen-bond acceptors (Lipinski definition) is 3. The number of pyridine rings is 1. The lowest BCUT2D eigenvalue weighted by Gasteiger charge is -2.24. The molecule has 1 amide bonds. The van der Waals surface area contributed by atoms with Gasteiger partial charge in [-0.25, -0.2) is 0 Å². The van der Waals surface area contributed by atoms with Crippen molar-refractivity contribution in [3.63, 3.8) is 0 Å². The summed E-state index contributed by atoms with van der Waals surface area (Å²) >= 11 is 0. The second-order valence-electron chi connectivity index (χ2n) is 5.33. The molecule has 1 saturated carbocycles. The van der Waals surface area contributed by atoms with Gasteiger partial charge in [0.1, 0.15) is 0 Å². The molecule has 3 rings (SSSR count). The van der Waals surface area contributed by atoms with Crippen molar-refractivity contribution in [1.82, 2.24) is 10.3 Å². The third kappa shape index (κ3) is 3.84. The van der Waals surface area contributed by atoms with Crippen LogP contribution >= 0.6 is 24.8 Å². The summed E-state index contributed by atoms with van der Waals surface area (Å²) < 4.78 is 0. The Morgan fingerprint density at radius 1 is 1.20 bits per heavy atom. The predicted molar refractivity (Wildman–Crippen MR) is 84.6 cm³/mol. The first-order chi connectivity index (χ1) is 8.83. The first-order valence-electron chi connectivity index (χ1n) is 6.80. The van der Waals surface area contributed by atoms with Crippen molar-refractivity contribution in [1.29, 1.82) is 0 Å². The van der Waals surface area contributed by atoms with Crippen molar-refractivity contribution in [2.75, 3.05) is 5.32 Å². The maximum Gasteiger partial charge on any atom is 0.241 e. The van der Waals surface area contributed by atoms with Crippen LogP contribution in [-0.2, 0) is 4.79 Å². The van der Waals surface area contributed by atoms with E-state index in [2.05, 4.69) is 15.6 Å². The SMILES string of the molecule is Cl.Cl.O=C(Nc1ccncc1)C1CC2CCCCC2N1. The van der Waals surface area contributed by atoms with Crippen LogP contribution in [0.5, 0.6) is 0 Å². The Bertz CT molecular complexity index is 416. The van der Waals surface area contributed by atoms with Crippen LogP contribution < -0.4 is 10.6 Å². The molecule has 112 valence electrons. The highest BCUT2D eigenvalue weighted by Crippen LogP contribution is 2.33. The fourth-order valence-electron chi connectivity index (χ4n) is 3.19. The summed E-state index contributed by atoms with van der Waals surface area (Å²) in [6, 6.07) is 4.18. The Hall–Kier alpha value is -0.840. The molecule has 0 radical (unpaired) electrons. The second-order valence-corrected chi connectivity index (χ2v) is 5.33. The third-order valence-corrected chi connectivity index (χ3v) is 4.13. The van der Waals surface area contributed by atoms with E-state index in [1.54, 1.807) is 12.4 Å². The fourth-order valence-corrected chi connectivity index (χ4v) is 3.19. The number of aromatic nitrogens is 1. The summed E-state index contributed by atoms with van der Waals surface area (Å²) in [6.45, 7) is 0. The minimum atomic E-state index is -0.0220. The summed E-state index contributed by atoms with van der Waals surface area (Å²) in [5, 5.41) is 6.44. The van der Waals surface area contributed by atoms with E-state index in [1.165, 1.54) is 25.7 Å². The smallest absolute Gasteiger partial charge is 0.241 e. The van der Waals surface area contributed by atoms with Crippen molar-refractivity contribution in [2.45, 2.75) is 44.2 Å².